The third-order valence-corrected chi connectivity index (χ3v) is 6.03. The first kappa shape index (κ1) is 23.5. The van der Waals surface area contributed by atoms with Gasteiger partial charge in [-0.2, -0.15) is 13.2 Å². The molecule has 1 aliphatic heterocycles. The molecule has 1 heterocycles. The number of alkyl halides is 3. The zero-order valence-electron chi connectivity index (χ0n) is 19.0. The number of fused-ring (bicyclic) bond motifs is 1. The molecule has 3 aromatic carbocycles. The van der Waals surface area contributed by atoms with Crippen molar-refractivity contribution in [2.75, 3.05) is 27.9 Å². The first-order chi connectivity index (χ1) is 16.3. The van der Waals surface area contributed by atoms with Crippen LogP contribution in [0.15, 0.2) is 60.7 Å². The molecular weight excluding hydrogens is 447 g/mol. The predicted molar refractivity (Wildman–Crippen MR) is 121 cm³/mol. The van der Waals surface area contributed by atoms with Crippen molar-refractivity contribution in [3.05, 3.63) is 88.5 Å². The molecule has 0 saturated carbocycles. The van der Waals surface area contributed by atoms with E-state index >= 15 is 0 Å². The number of rotatable bonds is 5. The van der Waals surface area contributed by atoms with E-state index in [-0.39, 0.29) is 12.1 Å². The first-order valence-electron chi connectivity index (χ1n) is 10.6. The van der Waals surface area contributed by atoms with Gasteiger partial charge in [-0.3, -0.25) is 4.79 Å². The Kier molecular flexibility index (Phi) is 6.41. The summed E-state index contributed by atoms with van der Waals surface area (Å²) >= 11 is 0. The Bertz CT molecular complexity index is 1190. The van der Waals surface area contributed by atoms with E-state index in [0.29, 0.717) is 23.7 Å². The van der Waals surface area contributed by atoms with Gasteiger partial charge in [-0.25, -0.2) is 0 Å². The SMILES string of the molecule is COc1ccc([C@@H]2c3cc(OC)c(OC)cc3CCN2C(=O)c2ccccc2C(F)(F)F)cc1. The molecule has 8 heteroatoms. The Balaban J connectivity index is 1.87. The first-order valence-corrected chi connectivity index (χ1v) is 10.6. The van der Waals surface area contributed by atoms with E-state index in [4.69, 9.17) is 14.2 Å². The summed E-state index contributed by atoms with van der Waals surface area (Å²) in [5.41, 5.74) is 1.12. The van der Waals surface area contributed by atoms with Gasteiger partial charge in [-0.15, -0.1) is 0 Å². The molecule has 1 amide bonds. The number of ether oxygens (including phenoxy) is 3. The van der Waals surface area contributed by atoms with E-state index in [0.717, 1.165) is 22.8 Å². The number of amides is 1. The highest BCUT2D eigenvalue weighted by Crippen LogP contribution is 2.42. The molecule has 1 atom stereocenters. The van der Waals surface area contributed by atoms with Crippen molar-refractivity contribution in [3.8, 4) is 17.2 Å². The summed E-state index contributed by atoms with van der Waals surface area (Å²) in [5, 5.41) is 0. The minimum Gasteiger partial charge on any atom is -0.497 e. The van der Waals surface area contributed by atoms with Gasteiger partial charge >= 0.3 is 6.18 Å². The fourth-order valence-corrected chi connectivity index (χ4v) is 4.38. The molecule has 0 radical (unpaired) electrons. The average Bonchev–Trinajstić information content (AvgIpc) is 2.86. The largest absolute Gasteiger partial charge is 0.497 e. The number of hydrogen-bond acceptors (Lipinski definition) is 4. The molecule has 4 rings (SSSR count). The monoisotopic (exact) mass is 471 g/mol. The Morgan fingerprint density at radius 2 is 1.56 bits per heavy atom. The van der Waals surface area contributed by atoms with Gasteiger partial charge in [-0.05, 0) is 59.5 Å². The number of methoxy groups -OCH3 is 3. The standard InChI is InChI=1S/C26H24F3NO4/c1-32-18-10-8-16(9-11-18)24-20-15-23(34-3)22(33-2)14-17(20)12-13-30(24)25(31)19-6-4-5-7-21(19)26(27,28)29/h4-11,14-15,24H,12-13H2,1-3H3/t24-/m1/s1. The van der Waals surface area contributed by atoms with E-state index in [2.05, 4.69) is 0 Å². The van der Waals surface area contributed by atoms with Crippen molar-refractivity contribution in [2.24, 2.45) is 0 Å². The highest BCUT2D eigenvalue weighted by molar-refractivity contribution is 5.96. The van der Waals surface area contributed by atoms with Crippen LogP contribution in [0.4, 0.5) is 13.2 Å². The Morgan fingerprint density at radius 1 is 0.912 bits per heavy atom. The normalized spacial score (nSPS) is 15.5. The van der Waals surface area contributed by atoms with Gasteiger partial charge in [0.05, 0.1) is 38.5 Å². The van der Waals surface area contributed by atoms with Crippen LogP contribution in [-0.2, 0) is 12.6 Å². The second-order valence-electron chi connectivity index (χ2n) is 7.87. The molecule has 0 saturated heterocycles. The van der Waals surface area contributed by atoms with Gasteiger partial charge in [0, 0.05) is 6.54 Å². The van der Waals surface area contributed by atoms with Crippen LogP contribution < -0.4 is 14.2 Å². The summed E-state index contributed by atoms with van der Waals surface area (Å²) < 4.78 is 57.2. The number of carbonyl (C=O) groups excluding carboxylic acids is 1. The Hall–Kier alpha value is -3.68. The molecule has 178 valence electrons. The van der Waals surface area contributed by atoms with E-state index < -0.39 is 23.7 Å². The van der Waals surface area contributed by atoms with Gasteiger partial charge in [0.15, 0.2) is 11.5 Å². The van der Waals surface area contributed by atoms with Crippen LogP contribution in [0, 0.1) is 0 Å². The van der Waals surface area contributed by atoms with Gasteiger partial charge in [-0.1, -0.05) is 24.3 Å². The van der Waals surface area contributed by atoms with Crippen LogP contribution in [0.5, 0.6) is 17.2 Å². The minimum atomic E-state index is -4.65. The molecule has 3 aromatic rings. The van der Waals surface area contributed by atoms with Crippen molar-refractivity contribution >= 4 is 5.91 Å². The highest BCUT2D eigenvalue weighted by Gasteiger charge is 2.39. The summed E-state index contributed by atoms with van der Waals surface area (Å²) in [6.45, 7) is 0.240. The average molecular weight is 471 g/mol. The molecule has 5 nitrogen and oxygen atoms in total. The Labute approximate surface area is 195 Å². The van der Waals surface area contributed by atoms with E-state index in [1.807, 2.05) is 18.2 Å². The lowest BCUT2D eigenvalue weighted by Crippen LogP contribution is -2.41. The molecule has 0 fully saturated rings. The van der Waals surface area contributed by atoms with Crippen LogP contribution in [0.3, 0.4) is 0 Å². The van der Waals surface area contributed by atoms with Crippen LogP contribution in [0.2, 0.25) is 0 Å². The maximum atomic E-state index is 13.7. The number of hydrogen-bond donors (Lipinski definition) is 0. The van der Waals surface area contributed by atoms with Gasteiger partial charge in [0.2, 0.25) is 0 Å². The lowest BCUT2D eigenvalue weighted by molar-refractivity contribution is -0.138. The summed E-state index contributed by atoms with van der Waals surface area (Å²) in [5.74, 6) is 0.975. The number of carbonyl (C=O) groups is 1. The summed E-state index contributed by atoms with van der Waals surface area (Å²) in [6.07, 6.45) is -4.19. The molecule has 0 unspecified atom stereocenters. The fourth-order valence-electron chi connectivity index (χ4n) is 4.38. The molecule has 0 bridgehead atoms. The van der Waals surface area contributed by atoms with E-state index in [1.165, 1.54) is 37.3 Å². The maximum Gasteiger partial charge on any atom is 0.417 e. The number of nitrogens with zero attached hydrogens (tertiary/aromatic N) is 1. The fraction of sp³-hybridized carbons (Fsp3) is 0.269. The third-order valence-electron chi connectivity index (χ3n) is 6.03. The molecule has 0 spiro atoms. The minimum absolute atomic E-state index is 0.240. The van der Waals surface area contributed by atoms with Crippen molar-refractivity contribution < 1.29 is 32.2 Å². The van der Waals surface area contributed by atoms with Gasteiger partial charge in [0.25, 0.3) is 5.91 Å². The van der Waals surface area contributed by atoms with Crippen molar-refractivity contribution in [1.82, 2.24) is 4.90 Å². The number of benzene rings is 3. The van der Waals surface area contributed by atoms with Gasteiger partial charge < -0.3 is 19.1 Å². The van der Waals surface area contributed by atoms with Crippen LogP contribution in [0.25, 0.3) is 0 Å². The molecule has 0 aromatic heterocycles. The van der Waals surface area contributed by atoms with E-state index in [9.17, 15) is 18.0 Å². The third kappa shape index (κ3) is 4.27. The molecule has 1 aliphatic rings. The predicted octanol–water partition coefficient (Wildman–Crippen LogP) is 5.52. The Morgan fingerprint density at radius 3 is 2.18 bits per heavy atom. The summed E-state index contributed by atoms with van der Waals surface area (Å²) in [4.78, 5) is 15.1. The topological polar surface area (TPSA) is 48.0 Å². The summed E-state index contributed by atoms with van der Waals surface area (Å²) in [6, 6.07) is 15.0. The van der Waals surface area contributed by atoms with Crippen LogP contribution in [0.1, 0.15) is 38.7 Å². The lowest BCUT2D eigenvalue weighted by atomic mass is 9.87. The molecule has 34 heavy (non-hydrogen) atoms. The quantitative estimate of drug-likeness (QED) is 0.492. The van der Waals surface area contributed by atoms with Crippen molar-refractivity contribution in [1.29, 1.82) is 0 Å². The second-order valence-corrected chi connectivity index (χ2v) is 7.87. The smallest absolute Gasteiger partial charge is 0.417 e. The highest BCUT2D eigenvalue weighted by atomic mass is 19.4. The van der Waals surface area contributed by atoms with Crippen LogP contribution >= 0.6 is 0 Å². The molecule has 0 aliphatic carbocycles. The van der Waals surface area contributed by atoms with Gasteiger partial charge in [0.1, 0.15) is 5.75 Å². The molecule has 0 N–H and O–H groups in total. The second kappa shape index (κ2) is 9.29. The number of halogens is 3. The van der Waals surface area contributed by atoms with Crippen LogP contribution in [-0.4, -0.2) is 38.7 Å². The van der Waals surface area contributed by atoms with Crippen molar-refractivity contribution in [2.45, 2.75) is 18.6 Å². The maximum absolute atomic E-state index is 13.7. The summed E-state index contributed by atoms with van der Waals surface area (Å²) in [7, 11) is 4.60. The zero-order valence-corrected chi connectivity index (χ0v) is 19.0. The van der Waals surface area contributed by atoms with E-state index in [1.54, 1.807) is 25.3 Å². The molecular formula is C26H24F3NO4. The lowest BCUT2D eigenvalue weighted by Gasteiger charge is -2.38. The zero-order chi connectivity index (χ0) is 24.5. The van der Waals surface area contributed by atoms with Crippen molar-refractivity contribution in [3.63, 3.8) is 0 Å².